The fraction of sp³-hybridized carbons (Fsp3) is 0.667. The summed E-state index contributed by atoms with van der Waals surface area (Å²) >= 11 is 0. The number of nitrogens with two attached hydrogens (primary N) is 1. The molecule has 4 bridgehead atoms. The Labute approximate surface area is 210 Å². The average molecular weight is 555 g/mol. The third kappa shape index (κ3) is 5.13. The van der Waals surface area contributed by atoms with Gasteiger partial charge in [0.1, 0.15) is 0 Å². The van der Waals surface area contributed by atoms with Crippen LogP contribution in [0.2, 0.25) is 0 Å². The van der Waals surface area contributed by atoms with E-state index < -0.39 is 66.5 Å². The summed E-state index contributed by atoms with van der Waals surface area (Å²) in [7, 11) is -5.22. The Morgan fingerprint density at radius 2 is 1.57 bits per heavy atom. The molecule has 4 fully saturated rings. The highest BCUT2D eigenvalue weighted by Gasteiger charge is 2.60. The van der Waals surface area contributed by atoms with Gasteiger partial charge in [-0.25, -0.2) is 8.42 Å². The van der Waals surface area contributed by atoms with Gasteiger partial charge in [-0.2, -0.15) is 31.1 Å². The van der Waals surface area contributed by atoms with Gasteiger partial charge in [-0.3, -0.25) is 9.59 Å². The van der Waals surface area contributed by atoms with Crippen molar-refractivity contribution in [3.63, 3.8) is 0 Å². The minimum absolute atomic E-state index is 0.0604. The number of carbonyl (C=O) groups is 2. The molecule has 4 aliphatic rings. The number of nitrogens with one attached hydrogen (secondary N) is 1. The number of primary amides is 1. The number of hydrogen-bond acceptors (Lipinski definition) is 4. The maximum atomic E-state index is 13.5. The minimum atomic E-state index is -5.26. The molecule has 1 aromatic rings. The predicted molar refractivity (Wildman–Crippen MR) is 119 cm³/mol. The van der Waals surface area contributed by atoms with Crippen LogP contribution in [0.25, 0.3) is 0 Å². The Hall–Kier alpha value is -2.15. The standard InChI is InChI=1S/C24H28F6N2O4S/c1-20(2,18(33)11-21-7-13-5-14(8-21)10-22(9-13,12-21)19(31)34)32-37(35,36)17-6-15(23(25,26)27)3-4-16(17)24(28,29)30/h3-4,6,13-14,32H,5,7-12H2,1-2H3,(H2,31,34). The van der Waals surface area contributed by atoms with E-state index in [0.717, 1.165) is 20.3 Å². The maximum Gasteiger partial charge on any atom is 0.417 e. The van der Waals surface area contributed by atoms with Crippen LogP contribution in [0, 0.1) is 22.7 Å². The van der Waals surface area contributed by atoms with Crippen LogP contribution >= 0.6 is 0 Å². The molecule has 13 heteroatoms. The smallest absolute Gasteiger partial charge is 0.369 e. The van der Waals surface area contributed by atoms with Gasteiger partial charge in [-0.1, -0.05) is 0 Å². The Bertz CT molecular complexity index is 1220. The van der Waals surface area contributed by atoms with Crippen molar-refractivity contribution < 1.29 is 44.3 Å². The number of alkyl halides is 6. The number of rotatable bonds is 7. The molecule has 0 heterocycles. The third-order valence-electron chi connectivity index (χ3n) is 8.23. The van der Waals surface area contributed by atoms with E-state index in [1.54, 1.807) is 0 Å². The highest BCUT2D eigenvalue weighted by Crippen LogP contribution is 2.66. The highest BCUT2D eigenvalue weighted by atomic mass is 32.2. The summed E-state index contributed by atoms with van der Waals surface area (Å²) in [6.45, 7) is 2.33. The number of ketones is 1. The molecule has 5 rings (SSSR count). The molecular weight excluding hydrogens is 526 g/mol. The van der Waals surface area contributed by atoms with Crippen molar-refractivity contribution in [1.82, 2.24) is 4.72 Å². The first-order chi connectivity index (χ1) is 16.7. The summed E-state index contributed by atoms with van der Waals surface area (Å²) in [5, 5.41) is 0. The molecular formula is C24H28F6N2O4S. The Morgan fingerprint density at radius 1 is 1.00 bits per heavy atom. The summed E-state index contributed by atoms with van der Waals surface area (Å²) in [4.78, 5) is 24.1. The Kier molecular flexibility index (Phi) is 6.35. The van der Waals surface area contributed by atoms with Crippen LogP contribution in [-0.4, -0.2) is 25.6 Å². The van der Waals surface area contributed by atoms with E-state index in [0.29, 0.717) is 32.1 Å². The van der Waals surface area contributed by atoms with E-state index in [4.69, 9.17) is 5.73 Å². The van der Waals surface area contributed by atoms with Gasteiger partial charge < -0.3 is 5.73 Å². The third-order valence-corrected chi connectivity index (χ3v) is 9.93. The van der Waals surface area contributed by atoms with Crippen molar-refractivity contribution in [2.45, 2.75) is 81.6 Å². The van der Waals surface area contributed by atoms with Gasteiger partial charge >= 0.3 is 12.4 Å². The van der Waals surface area contributed by atoms with Gasteiger partial charge in [0.15, 0.2) is 5.78 Å². The number of benzene rings is 1. The van der Waals surface area contributed by atoms with Gasteiger partial charge in [-0.05, 0) is 87.8 Å². The predicted octanol–water partition coefficient (Wildman–Crippen LogP) is 4.81. The fourth-order valence-corrected chi connectivity index (χ4v) is 8.76. The van der Waals surface area contributed by atoms with Crippen molar-refractivity contribution in [3.05, 3.63) is 29.3 Å². The number of Topliss-reactive ketones (excluding diaryl/α,β-unsaturated/α-hetero) is 1. The summed E-state index contributed by atoms with van der Waals surface area (Å²) in [6, 6.07) is 0.131. The van der Waals surface area contributed by atoms with Crippen LogP contribution in [0.15, 0.2) is 23.1 Å². The lowest BCUT2D eigenvalue weighted by molar-refractivity contribution is -0.158. The zero-order valence-electron chi connectivity index (χ0n) is 20.2. The molecule has 4 saturated carbocycles. The summed E-state index contributed by atoms with van der Waals surface area (Å²) in [6.07, 6.45) is -6.60. The van der Waals surface area contributed by atoms with E-state index >= 15 is 0 Å². The first-order valence-electron chi connectivity index (χ1n) is 11.8. The van der Waals surface area contributed by atoms with Crippen LogP contribution in [0.4, 0.5) is 26.3 Å². The van der Waals surface area contributed by atoms with E-state index in [9.17, 15) is 44.3 Å². The van der Waals surface area contributed by atoms with Crippen LogP contribution in [0.3, 0.4) is 0 Å². The summed E-state index contributed by atoms with van der Waals surface area (Å²) < 4.78 is 108. The zero-order chi connectivity index (χ0) is 27.8. The molecule has 206 valence electrons. The lowest BCUT2D eigenvalue weighted by atomic mass is 9.43. The van der Waals surface area contributed by atoms with Gasteiger partial charge in [0.25, 0.3) is 0 Å². The van der Waals surface area contributed by atoms with Crippen LogP contribution in [0.5, 0.6) is 0 Å². The second-order valence-corrected chi connectivity index (χ2v) is 13.3. The monoisotopic (exact) mass is 554 g/mol. The van der Waals surface area contributed by atoms with Gasteiger partial charge in [-0.15, -0.1) is 0 Å². The number of amides is 1. The SMILES string of the molecule is CC(C)(NS(=O)(=O)c1cc(C(F)(F)F)ccc1C(F)(F)F)C(=O)CC12CC3CC(C1)CC(C(N)=O)(C3)C2. The summed E-state index contributed by atoms with van der Waals surface area (Å²) in [5.41, 5.74) is -0.883. The van der Waals surface area contributed by atoms with Crippen molar-refractivity contribution in [2.75, 3.05) is 0 Å². The maximum absolute atomic E-state index is 13.5. The Morgan fingerprint density at radius 3 is 2.05 bits per heavy atom. The van der Waals surface area contributed by atoms with E-state index in [1.807, 2.05) is 4.72 Å². The molecule has 3 N–H and O–H groups in total. The molecule has 37 heavy (non-hydrogen) atoms. The molecule has 0 aromatic heterocycles. The van der Waals surface area contributed by atoms with Crippen molar-refractivity contribution >= 4 is 21.7 Å². The molecule has 4 aliphatic carbocycles. The van der Waals surface area contributed by atoms with Gasteiger partial charge in [0.2, 0.25) is 15.9 Å². The molecule has 0 radical (unpaired) electrons. The van der Waals surface area contributed by atoms with Gasteiger partial charge in [0.05, 0.1) is 27.0 Å². The zero-order valence-corrected chi connectivity index (χ0v) is 21.0. The van der Waals surface area contributed by atoms with E-state index in [-0.39, 0.29) is 36.5 Å². The van der Waals surface area contributed by atoms with Crippen molar-refractivity contribution in [2.24, 2.45) is 28.4 Å². The normalized spacial score (nSPS) is 29.9. The lowest BCUT2D eigenvalue weighted by Crippen LogP contribution is -2.58. The topological polar surface area (TPSA) is 106 Å². The van der Waals surface area contributed by atoms with E-state index in [2.05, 4.69) is 0 Å². The quantitative estimate of drug-likeness (QED) is 0.472. The highest BCUT2D eigenvalue weighted by molar-refractivity contribution is 7.89. The second kappa shape index (κ2) is 8.42. The minimum Gasteiger partial charge on any atom is -0.369 e. The van der Waals surface area contributed by atoms with Crippen LogP contribution < -0.4 is 10.5 Å². The van der Waals surface area contributed by atoms with Crippen LogP contribution in [0.1, 0.15) is 69.9 Å². The number of sulfonamides is 1. The number of hydrogen-bond donors (Lipinski definition) is 2. The van der Waals surface area contributed by atoms with Crippen LogP contribution in [-0.2, 0) is 32.0 Å². The number of halogens is 6. The fourth-order valence-electron chi connectivity index (χ4n) is 7.11. The first-order valence-corrected chi connectivity index (χ1v) is 13.3. The second-order valence-electron chi connectivity index (χ2n) is 11.6. The van der Waals surface area contributed by atoms with Crippen molar-refractivity contribution in [3.8, 4) is 0 Å². The first kappa shape index (κ1) is 27.9. The number of carbonyl (C=O) groups excluding carboxylic acids is 2. The molecule has 0 spiro atoms. The molecule has 2 atom stereocenters. The summed E-state index contributed by atoms with van der Waals surface area (Å²) in [5.74, 6) is -0.664. The lowest BCUT2D eigenvalue weighted by Gasteiger charge is -2.61. The molecule has 1 aromatic carbocycles. The molecule has 6 nitrogen and oxygen atoms in total. The van der Waals surface area contributed by atoms with Crippen molar-refractivity contribution in [1.29, 1.82) is 0 Å². The molecule has 0 saturated heterocycles. The Balaban J connectivity index is 1.62. The molecule has 1 amide bonds. The largest absolute Gasteiger partial charge is 0.417 e. The van der Waals surface area contributed by atoms with E-state index in [1.165, 1.54) is 0 Å². The molecule has 2 unspecified atom stereocenters. The van der Waals surface area contributed by atoms with Gasteiger partial charge in [0, 0.05) is 6.42 Å². The molecule has 0 aliphatic heterocycles. The average Bonchev–Trinajstić information content (AvgIpc) is 2.70.